The fourth-order valence-electron chi connectivity index (χ4n) is 4.35. The van der Waals surface area contributed by atoms with Crippen molar-refractivity contribution in [3.05, 3.63) is 64.2 Å². The van der Waals surface area contributed by atoms with E-state index in [9.17, 15) is 19.7 Å². The number of para-hydroxylation sites is 1. The van der Waals surface area contributed by atoms with Gasteiger partial charge in [0, 0.05) is 44.0 Å². The molecule has 1 unspecified atom stereocenters. The standard InChI is InChI=1S/C23H26N4O4/c28-22(24-18-8-2-1-3-9-18)17-7-6-14-26(16-17)23(29)20-15-19(27(30)31)10-11-21(20)25-12-4-5-13-25/h1-3,8-11,15,17H,4-7,12-14,16H2,(H,24,28). The van der Waals surface area contributed by atoms with Crippen molar-refractivity contribution >= 4 is 28.9 Å². The third-order valence-electron chi connectivity index (χ3n) is 5.99. The number of amides is 2. The van der Waals surface area contributed by atoms with Gasteiger partial charge >= 0.3 is 0 Å². The third-order valence-corrected chi connectivity index (χ3v) is 5.99. The van der Waals surface area contributed by atoms with Crippen LogP contribution in [0.2, 0.25) is 0 Å². The number of non-ortho nitro benzene ring substituents is 1. The van der Waals surface area contributed by atoms with Crippen molar-refractivity contribution in [2.24, 2.45) is 5.92 Å². The van der Waals surface area contributed by atoms with Gasteiger partial charge in [-0.15, -0.1) is 0 Å². The maximum absolute atomic E-state index is 13.4. The molecule has 2 aliphatic heterocycles. The zero-order chi connectivity index (χ0) is 21.8. The Balaban J connectivity index is 1.53. The van der Waals surface area contributed by atoms with E-state index >= 15 is 0 Å². The lowest BCUT2D eigenvalue weighted by atomic mass is 9.96. The number of carbonyl (C=O) groups excluding carboxylic acids is 2. The molecule has 0 aromatic heterocycles. The predicted molar refractivity (Wildman–Crippen MR) is 118 cm³/mol. The summed E-state index contributed by atoms with van der Waals surface area (Å²) in [4.78, 5) is 40.8. The van der Waals surface area contributed by atoms with E-state index in [2.05, 4.69) is 10.2 Å². The summed E-state index contributed by atoms with van der Waals surface area (Å²) in [5, 5.41) is 14.2. The van der Waals surface area contributed by atoms with Gasteiger partial charge in [0.2, 0.25) is 5.91 Å². The van der Waals surface area contributed by atoms with Crippen LogP contribution in [0.15, 0.2) is 48.5 Å². The van der Waals surface area contributed by atoms with E-state index in [1.807, 2.05) is 30.3 Å². The molecule has 2 amide bonds. The summed E-state index contributed by atoms with van der Waals surface area (Å²) in [6.45, 7) is 2.51. The number of rotatable bonds is 5. The summed E-state index contributed by atoms with van der Waals surface area (Å²) >= 11 is 0. The number of piperidine rings is 1. The zero-order valence-electron chi connectivity index (χ0n) is 17.3. The van der Waals surface area contributed by atoms with Crippen molar-refractivity contribution in [1.29, 1.82) is 0 Å². The minimum atomic E-state index is -0.475. The molecule has 162 valence electrons. The Kier molecular flexibility index (Phi) is 6.16. The molecule has 2 fully saturated rings. The number of nitro benzene ring substituents is 1. The maximum atomic E-state index is 13.4. The van der Waals surface area contributed by atoms with Crippen molar-refractivity contribution < 1.29 is 14.5 Å². The number of likely N-dealkylation sites (tertiary alicyclic amines) is 1. The highest BCUT2D eigenvalue weighted by molar-refractivity contribution is 6.01. The summed E-state index contributed by atoms with van der Waals surface area (Å²) in [5.41, 5.74) is 1.72. The summed E-state index contributed by atoms with van der Waals surface area (Å²) in [5.74, 6) is -0.669. The first-order valence-electron chi connectivity index (χ1n) is 10.7. The first-order chi connectivity index (χ1) is 15.0. The Morgan fingerprint density at radius 2 is 1.74 bits per heavy atom. The molecule has 8 nitrogen and oxygen atoms in total. The Hall–Kier alpha value is -3.42. The summed E-state index contributed by atoms with van der Waals surface area (Å²) < 4.78 is 0. The zero-order valence-corrected chi connectivity index (χ0v) is 17.3. The van der Waals surface area contributed by atoms with Crippen LogP contribution in [0, 0.1) is 16.0 Å². The average molecular weight is 422 g/mol. The van der Waals surface area contributed by atoms with E-state index < -0.39 is 4.92 Å². The van der Waals surface area contributed by atoms with Crippen LogP contribution >= 0.6 is 0 Å². The van der Waals surface area contributed by atoms with Gasteiger partial charge in [-0.05, 0) is 43.9 Å². The van der Waals surface area contributed by atoms with Crippen LogP contribution in [-0.4, -0.2) is 47.8 Å². The Morgan fingerprint density at radius 1 is 1.00 bits per heavy atom. The molecule has 2 heterocycles. The van der Waals surface area contributed by atoms with Crippen LogP contribution in [0.5, 0.6) is 0 Å². The fourth-order valence-corrected chi connectivity index (χ4v) is 4.35. The maximum Gasteiger partial charge on any atom is 0.270 e. The van der Waals surface area contributed by atoms with Crippen LogP contribution < -0.4 is 10.2 Å². The Bertz CT molecular complexity index is 973. The first kappa shape index (κ1) is 20.8. The molecule has 1 atom stereocenters. The molecule has 0 saturated carbocycles. The predicted octanol–water partition coefficient (Wildman–Crippen LogP) is 3.69. The van der Waals surface area contributed by atoms with Gasteiger partial charge in [-0.1, -0.05) is 18.2 Å². The minimum Gasteiger partial charge on any atom is -0.371 e. The van der Waals surface area contributed by atoms with Crippen molar-refractivity contribution in [2.45, 2.75) is 25.7 Å². The molecule has 2 aromatic rings. The monoisotopic (exact) mass is 422 g/mol. The molecule has 1 N–H and O–H groups in total. The highest BCUT2D eigenvalue weighted by Crippen LogP contribution is 2.30. The molecule has 2 aromatic carbocycles. The lowest BCUT2D eigenvalue weighted by molar-refractivity contribution is -0.384. The van der Waals surface area contributed by atoms with E-state index in [4.69, 9.17) is 0 Å². The number of anilines is 2. The number of carbonyl (C=O) groups is 2. The van der Waals surface area contributed by atoms with E-state index in [0.29, 0.717) is 31.5 Å². The Morgan fingerprint density at radius 3 is 2.45 bits per heavy atom. The molecule has 4 rings (SSSR count). The number of hydrogen-bond donors (Lipinski definition) is 1. The fraction of sp³-hybridized carbons (Fsp3) is 0.391. The SMILES string of the molecule is O=C(Nc1ccccc1)C1CCCN(C(=O)c2cc([N+](=O)[O-])ccc2N2CCCC2)C1. The number of hydrogen-bond acceptors (Lipinski definition) is 5. The second-order valence-electron chi connectivity index (χ2n) is 8.10. The summed E-state index contributed by atoms with van der Waals surface area (Å²) in [7, 11) is 0. The molecule has 0 radical (unpaired) electrons. The first-order valence-corrected chi connectivity index (χ1v) is 10.7. The second kappa shape index (κ2) is 9.16. The smallest absolute Gasteiger partial charge is 0.270 e. The quantitative estimate of drug-likeness (QED) is 0.586. The Labute approximate surface area is 181 Å². The minimum absolute atomic E-state index is 0.0957. The van der Waals surface area contributed by atoms with Gasteiger partial charge in [0.15, 0.2) is 0 Å². The molecule has 0 spiro atoms. The molecule has 2 aliphatic rings. The normalized spacial score (nSPS) is 18.6. The highest BCUT2D eigenvalue weighted by Gasteiger charge is 2.31. The van der Waals surface area contributed by atoms with Crippen LogP contribution in [-0.2, 0) is 4.79 Å². The molecule has 2 saturated heterocycles. The summed E-state index contributed by atoms with van der Waals surface area (Å²) in [6.07, 6.45) is 3.50. The van der Waals surface area contributed by atoms with Gasteiger partial charge in [-0.25, -0.2) is 0 Å². The number of nitrogens with one attached hydrogen (secondary N) is 1. The molecule has 0 aliphatic carbocycles. The number of benzene rings is 2. The van der Waals surface area contributed by atoms with Gasteiger partial charge in [-0.3, -0.25) is 19.7 Å². The highest BCUT2D eigenvalue weighted by atomic mass is 16.6. The van der Waals surface area contributed by atoms with E-state index in [1.54, 1.807) is 11.0 Å². The average Bonchev–Trinajstić information content (AvgIpc) is 3.33. The number of nitro groups is 1. The van der Waals surface area contributed by atoms with Crippen molar-refractivity contribution in [1.82, 2.24) is 4.90 Å². The largest absolute Gasteiger partial charge is 0.371 e. The van der Waals surface area contributed by atoms with Gasteiger partial charge < -0.3 is 15.1 Å². The lowest BCUT2D eigenvalue weighted by Gasteiger charge is -2.33. The van der Waals surface area contributed by atoms with Crippen LogP contribution in [0.3, 0.4) is 0 Å². The van der Waals surface area contributed by atoms with E-state index in [1.165, 1.54) is 12.1 Å². The molecule has 31 heavy (non-hydrogen) atoms. The van der Waals surface area contributed by atoms with Crippen molar-refractivity contribution in [3.63, 3.8) is 0 Å². The molecule has 0 bridgehead atoms. The van der Waals surface area contributed by atoms with Gasteiger partial charge in [0.25, 0.3) is 11.6 Å². The lowest BCUT2D eigenvalue weighted by Crippen LogP contribution is -2.44. The van der Waals surface area contributed by atoms with Gasteiger partial charge in [0.1, 0.15) is 0 Å². The van der Waals surface area contributed by atoms with Crippen LogP contribution in [0.4, 0.5) is 17.1 Å². The second-order valence-corrected chi connectivity index (χ2v) is 8.10. The topological polar surface area (TPSA) is 95.8 Å². The van der Waals surface area contributed by atoms with Gasteiger partial charge in [-0.2, -0.15) is 0 Å². The van der Waals surface area contributed by atoms with Crippen molar-refractivity contribution in [2.75, 3.05) is 36.4 Å². The van der Waals surface area contributed by atoms with Crippen molar-refractivity contribution in [3.8, 4) is 0 Å². The van der Waals surface area contributed by atoms with E-state index in [0.717, 1.165) is 37.3 Å². The van der Waals surface area contributed by atoms with E-state index in [-0.39, 0.29) is 23.4 Å². The molecular weight excluding hydrogens is 396 g/mol. The van der Waals surface area contributed by atoms with Gasteiger partial charge in [0.05, 0.1) is 22.1 Å². The summed E-state index contributed by atoms with van der Waals surface area (Å²) in [6, 6.07) is 13.8. The number of nitrogens with zero attached hydrogens (tertiary/aromatic N) is 3. The third kappa shape index (κ3) is 4.68. The van der Waals surface area contributed by atoms with Crippen LogP contribution in [0.25, 0.3) is 0 Å². The molecular formula is C23H26N4O4. The molecule has 8 heteroatoms. The van der Waals surface area contributed by atoms with Crippen LogP contribution in [0.1, 0.15) is 36.0 Å².